The van der Waals surface area contributed by atoms with Gasteiger partial charge in [-0.25, -0.2) is 4.39 Å². The Kier molecular flexibility index (Phi) is 10.6. The number of aromatic nitrogens is 1. The summed E-state index contributed by atoms with van der Waals surface area (Å²) in [5.74, 6) is 0.241. The van der Waals surface area contributed by atoms with E-state index < -0.39 is 0 Å². The Balaban J connectivity index is 1.73. The number of para-hydroxylation sites is 1. The number of pyridine rings is 1. The van der Waals surface area contributed by atoms with Crippen molar-refractivity contribution in [2.75, 3.05) is 55.7 Å². The van der Waals surface area contributed by atoms with Crippen molar-refractivity contribution in [1.82, 2.24) is 9.47 Å². The zero-order valence-corrected chi connectivity index (χ0v) is 25.5. The standard InChI is InChI=1S/C30H36FN5O3S2/c1-4-6-12-35-27(34-16-14-33(15-17-34)25-11-8-7-10-24(25)31)22(21(3)23(20-32)28(35)37)19-26-29(38)36(30(40)41-26)13-9-18-39-5-2/h7-8,10-11,19H,4-6,9,12-18H2,1-3H3. The van der Waals surface area contributed by atoms with Crippen LogP contribution in [0.1, 0.15) is 49.8 Å². The molecule has 0 aliphatic carbocycles. The number of nitriles is 1. The summed E-state index contributed by atoms with van der Waals surface area (Å²) in [5.41, 5.74) is 1.52. The smallest absolute Gasteiger partial charge is 0.270 e. The largest absolute Gasteiger partial charge is 0.382 e. The number of benzene rings is 1. The Morgan fingerprint density at radius 1 is 1.10 bits per heavy atom. The van der Waals surface area contributed by atoms with Crippen LogP contribution in [0.4, 0.5) is 15.9 Å². The molecule has 2 fully saturated rings. The fraction of sp³-hybridized carbons (Fsp3) is 0.467. The Morgan fingerprint density at radius 2 is 1.80 bits per heavy atom. The lowest BCUT2D eigenvalue weighted by Gasteiger charge is -2.39. The minimum absolute atomic E-state index is 0.0771. The van der Waals surface area contributed by atoms with Gasteiger partial charge in [0.15, 0.2) is 0 Å². The summed E-state index contributed by atoms with van der Waals surface area (Å²) in [5, 5.41) is 9.95. The molecule has 3 heterocycles. The maximum Gasteiger partial charge on any atom is 0.270 e. The van der Waals surface area contributed by atoms with Crippen LogP contribution in [0.3, 0.4) is 0 Å². The van der Waals surface area contributed by atoms with Gasteiger partial charge in [-0.15, -0.1) is 0 Å². The Morgan fingerprint density at radius 3 is 2.46 bits per heavy atom. The number of thioether (sulfide) groups is 1. The molecular weight excluding hydrogens is 561 g/mol. The first-order chi connectivity index (χ1) is 19.8. The van der Waals surface area contributed by atoms with Gasteiger partial charge in [-0.05, 0) is 50.5 Å². The quantitative estimate of drug-likeness (QED) is 0.205. The molecule has 8 nitrogen and oxygen atoms in total. The summed E-state index contributed by atoms with van der Waals surface area (Å²) in [6.45, 7) is 10.0. The van der Waals surface area contributed by atoms with Crippen molar-refractivity contribution in [2.45, 2.75) is 46.6 Å². The minimum Gasteiger partial charge on any atom is -0.382 e. The van der Waals surface area contributed by atoms with Crippen molar-refractivity contribution in [3.8, 4) is 6.07 Å². The van der Waals surface area contributed by atoms with Crippen LogP contribution in [-0.2, 0) is 16.1 Å². The minimum atomic E-state index is -0.328. The van der Waals surface area contributed by atoms with Gasteiger partial charge in [-0.3, -0.25) is 19.1 Å². The Labute approximate surface area is 250 Å². The molecule has 11 heteroatoms. The molecule has 1 amide bonds. The molecule has 2 aliphatic rings. The number of amides is 1. The number of nitrogens with zero attached hydrogens (tertiary/aromatic N) is 5. The van der Waals surface area contributed by atoms with Gasteiger partial charge >= 0.3 is 0 Å². The number of rotatable bonds is 11. The van der Waals surface area contributed by atoms with E-state index in [2.05, 4.69) is 17.9 Å². The number of ether oxygens (including phenoxy) is 1. The number of carbonyl (C=O) groups is 1. The van der Waals surface area contributed by atoms with E-state index in [-0.39, 0.29) is 22.8 Å². The first-order valence-electron chi connectivity index (χ1n) is 14.1. The third-order valence-electron chi connectivity index (χ3n) is 7.38. The predicted molar refractivity (Wildman–Crippen MR) is 167 cm³/mol. The summed E-state index contributed by atoms with van der Waals surface area (Å²) in [6, 6.07) is 8.83. The molecule has 41 heavy (non-hydrogen) atoms. The van der Waals surface area contributed by atoms with Crippen molar-refractivity contribution in [2.24, 2.45) is 0 Å². The molecule has 1 aromatic heterocycles. The normalized spacial score (nSPS) is 16.7. The van der Waals surface area contributed by atoms with Gasteiger partial charge in [0.05, 0.1) is 10.6 Å². The molecular formula is C30H36FN5O3S2. The van der Waals surface area contributed by atoms with Crippen molar-refractivity contribution in [3.63, 3.8) is 0 Å². The number of hydrogen-bond acceptors (Lipinski definition) is 8. The molecule has 0 radical (unpaired) electrons. The number of thiocarbonyl (C=S) groups is 1. The molecule has 2 aliphatic heterocycles. The van der Waals surface area contributed by atoms with Crippen LogP contribution in [0.5, 0.6) is 0 Å². The Hall–Kier alpha value is -3.20. The molecule has 218 valence electrons. The second-order valence-corrected chi connectivity index (χ2v) is 11.6. The summed E-state index contributed by atoms with van der Waals surface area (Å²) >= 11 is 6.77. The van der Waals surface area contributed by atoms with Gasteiger partial charge in [0, 0.05) is 58.0 Å². The summed E-state index contributed by atoms with van der Waals surface area (Å²) in [6.07, 6.45) is 4.10. The van der Waals surface area contributed by atoms with E-state index in [9.17, 15) is 19.2 Å². The molecule has 0 bridgehead atoms. The molecule has 0 saturated carbocycles. The first kappa shape index (κ1) is 30.8. The summed E-state index contributed by atoms with van der Waals surface area (Å²) in [4.78, 5) is 33.2. The van der Waals surface area contributed by atoms with Crippen LogP contribution < -0.4 is 15.4 Å². The highest BCUT2D eigenvalue weighted by Crippen LogP contribution is 2.36. The lowest BCUT2D eigenvalue weighted by atomic mass is 10.0. The van der Waals surface area contributed by atoms with E-state index in [1.165, 1.54) is 17.8 Å². The van der Waals surface area contributed by atoms with Crippen LogP contribution in [0, 0.1) is 24.1 Å². The lowest BCUT2D eigenvalue weighted by molar-refractivity contribution is -0.122. The molecule has 0 atom stereocenters. The third kappa shape index (κ3) is 6.66. The van der Waals surface area contributed by atoms with Gasteiger partial charge in [-0.2, -0.15) is 5.26 Å². The maximum absolute atomic E-state index is 14.5. The van der Waals surface area contributed by atoms with Crippen molar-refractivity contribution >= 4 is 51.8 Å². The topological polar surface area (TPSA) is 81.8 Å². The lowest BCUT2D eigenvalue weighted by Crippen LogP contribution is -2.49. The van der Waals surface area contributed by atoms with Crippen LogP contribution >= 0.6 is 24.0 Å². The number of carbonyl (C=O) groups excluding carboxylic acids is 1. The van der Waals surface area contributed by atoms with Gasteiger partial charge in [0.2, 0.25) is 0 Å². The molecule has 0 N–H and O–H groups in total. The average molecular weight is 598 g/mol. The predicted octanol–water partition coefficient (Wildman–Crippen LogP) is 4.92. The number of piperazine rings is 1. The van der Waals surface area contributed by atoms with E-state index in [0.29, 0.717) is 90.8 Å². The second-order valence-electron chi connectivity index (χ2n) is 9.97. The van der Waals surface area contributed by atoms with E-state index in [4.69, 9.17) is 17.0 Å². The van der Waals surface area contributed by atoms with Gasteiger partial charge < -0.3 is 14.5 Å². The SMILES string of the molecule is CCCCn1c(N2CCN(c3ccccc3F)CC2)c(C=C2SC(=S)N(CCCOCC)C2=O)c(C)c(C#N)c1=O. The van der Waals surface area contributed by atoms with Gasteiger partial charge in [-0.1, -0.05) is 49.5 Å². The molecule has 1 aromatic carbocycles. The van der Waals surface area contributed by atoms with Gasteiger partial charge in [0.25, 0.3) is 11.5 Å². The van der Waals surface area contributed by atoms with Crippen LogP contribution in [0.15, 0.2) is 34.0 Å². The zero-order valence-electron chi connectivity index (χ0n) is 23.8. The highest BCUT2D eigenvalue weighted by Gasteiger charge is 2.33. The molecule has 4 rings (SSSR count). The van der Waals surface area contributed by atoms with Crippen LogP contribution in [0.25, 0.3) is 6.08 Å². The van der Waals surface area contributed by atoms with E-state index in [1.807, 2.05) is 17.9 Å². The summed E-state index contributed by atoms with van der Waals surface area (Å²) in [7, 11) is 0. The van der Waals surface area contributed by atoms with E-state index in [1.54, 1.807) is 34.6 Å². The first-order valence-corrected chi connectivity index (χ1v) is 15.3. The molecule has 2 aromatic rings. The number of unbranched alkanes of at least 4 members (excludes halogenated alkanes) is 1. The summed E-state index contributed by atoms with van der Waals surface area (Å²) < 4.78 is 22.1. The van der Waals surface area contributed by atoms with Crippen molar-refractivity contribution < 1.29 is 13.9 Å². The zero-order chi connectivity index (χ0) is 29.5. The van der Waals surface area contributed by atoms with Crippen molar-refractivity contribution in [3.05, 3.63) is 62.0 Å². The Bertz CT molecular complexity index is 1430. The average Bonchev–Trinajstić information content (AvgIpc) is 3.24. The van der Waals surface area contributed by atoms with Crippen molar-refractivity contribution in [1.29, 1.82) is 5.26 Å². The highest BCUT2D eigenvalue weighted by molar-refractivity contribution is 8.26. The fourth-order valence-electron chi connectivity index (χ4n) is 5.17. The molecule has 0 unspecified atom stereocenters. The van der Waals surface area contributed by atoms with E-state index >= 15 is 0 Å². The number of hydrogen-bond donors (Lipinski definition) is 0. The maximum atomic E-state index is 14.5. The van der Waals surface area contributed by atoms with E-state index in [0.717, 1.165) is 12.8 Å². The third-order valence-corrected chi connectivity index (χ3v) is 8.76. The highest BCUT2D eigenvalue weighted by atomic mass is 32.2. The molecule has 0 spiro atoms. The fourth-order valence-corrected chi connectivity index (χ4v) is 6.46. The molecule has 2 saturated heterocycles. The second kappa shape index (κ2) is 14.1. The van der Waals surface area contributed by atoms with Gasteiger partial charge in [0.1, 0.15) is 27.6 Å². The monoisotopic (exact) mass is 597 g/mol. The van der Waals surface area contributed by atoms with Crippen LogP contribution in [-0.4, -0.2) is 65.6 Å². The van der Waals surface area contributed by atoms with Crippen LogP contribution in [0.2, 0.25) is 0 Å². The number of anilines is 2. The number of halogens is 1.